The van der Waals surface area contributed by atoms with Gasteiger partial charge in [-0.15, -0.1) is 0 Å². The highest BCUT2D eigenvalue weighted by Gasteiger charge is 2.42. The van der Waals surface area contributed by atoms with Crippen LogP contribution in [-0.4, -0.2) is 34.3 Å². The number of carboxylic acid groups (broad SMARTS) is 1. The van der Waals surface area contributed by atoms with Crippen LogP contribution in [0.2, 0.25) is 0 Å². The summed E-state index contributed by atoms with van der Waals surface area (Å²) in [5.41, 5.74) is 4.50. The van der Waals surface area contributed by atoms with E-state index in [-0.39, 0.29) is 31.2 Å². The first-order valence-corrected chi connectivity index (χ1v) is 5.86. The van der Waals surface area contributed by atoms with E-state index in [0.717, 1.165) is 4.90 Å². The van der Waals surface area contributed by atoms with Crippen LogP contribution in [0.1, 0.15) is 18.4 Å². The SMILES string of the molecule is NC(CN1C(=O)CCC1=O)(C(=O)O)c1ccccc1. The lowest BCUT2D eigenvalue weighted by Gasteiger charge is -2.29. The smallest absolute Gasteiger partial charge is 0.330 e. The molecule has 1 fully saturated rings. The molecule has 19 heavy (non-hydrogen) atoms. The Kier molecular flexibility index (Phi) is 3.35. The molecule has 6 heteroatoms. The van der Waals surface area contributed by atoms with Gasteiger partial charge in [-0.3, -0.25) is 14.5 Å². The molecule has 0 aromatic heterocycles. The summed E-state index contributed by atoms with van der Waals surface area (Å²) in [6.07, 6.45) is 0.229. The number of nitrogens with zero attached hydrogens (tertiary/aromatic N) is 1. The molecule has 100 valence electrons. The quantitative estimate of drug-likeness (QED) is 0.748. The van der Waals surface area contributed by atoms with Crippen molar-refractivity contribution in [3.63, 3.8) is 0 Å². The highest BCUT2D eigenvalue weighted by atomic mass is 16.4. The summed E-state index contributed by atoms with van der Waals surface area (Å²) in [6, 6.07) is 8.19. The van der Waals surface area contributed by atoms with Gasteiger partial charge in [-0.25, -0.2) is 4.79 Å². The maximum Gasteiger partial charge on any atom is 0.330 e. The molecule has 1 aliphatic rings. The predicted octanol–water partition coefficient (Wildman–Crippen LogP) is 0.0742. The Balaban J connectivity index is 2.33. The molecule has 2 rings (SSSR count). The molecule has 1 saturated heterocycles. The Morgan fingerprint density at radius 1 is 1.21 bits per heavy atom. The molecule has 2 amide bonds. The Bertz CT molecular complexity index is 513. The standard InChI is InChI=1S/C13H14N2O4/c14-13(12(18)19,9-4-2-1-3-5-9)8-15-10(16)6-7-11(15)17/h1-5H,6-8,14H2,(H,18,19). The Morgan fingerprint density at radius 2 is 1.74 bits per heavy atom. The van der Waals surface area contributed by atoms with Crippen molar-refractivity contribution in [2.45, 2.75) is 18.4 Å². The summed E-state index contributed by atoms with van der Waals surface area (Å²) < 4.78 is 0. The van der Waals surface area contributed by atoms with E-state index in [2.05, 4.69) is 0 Å². The molecule has 3 N–H and O–H groups in total. The number of hydrogen-bond donors (Lipinski definition) is 2. The molecule has 0 aliphatic carbocycles. The number of carboxylic acids is 1. The minimum Gasteiger partial charge on any atom is -0.480 e. The summed E-state index contributed by atoms with van der Waals surface area (Å²) in [7, 11) is 0. The molecule has 1 aliphatic heterocycles. The van der Waals surface area contributed by atoms with Crippen LogP contribution < -0.4 is 5.73 Å². The maximum atomic E-state index is 11.6. The van der Waals surface area contributed by atoms with Gasteiger partial charge in [-0.1, -0.05) is 30.3 Å². The van der Waals surface area contributed by atoms with E-state index in [0.29, 0.717) is 5.56 Å². The van der Waals surface area contributed by atoms with Crippen molar-refractivity contribution in [2.24, 2.45) is 5.73 Å². The van der Waals surface area contributed by atoms with Crippen LogP contribution in [0.5, 0.6) is 0 Å². The third-order valence-corrected chi connectivity index (χ3v) is 3.23. The van der Waals surface area contributed by atoms with Crippen LogP contribution in [0, 0.1) is 0 Å². The summed E-state index contributed by atoms with van der Waals surface area (Å²) in [4.78, 5) is 35.5. The molecule has 1 aromatic rings. The van der Waals surface area contributed by atoms with Crippen LogP contribution in [0.25, 0.3) is 0 Å². The number of hydrogen-bond acceptors (Lipinski definition) is 4. The van der Waals surface area contributed by atoms with E-state index in [1.165, 1.54) is 0 Å². The van der Waals surface area contributed by atoms with Gasteiger partial charge in [0.15, 0.2) is 5.54 Å². The normalized spacial score (nSPS) is 18.5. The topological polar surface area (TPSA) is 101 Å². The van der Waals surface area contributed by atoms with E-state index in [1.54, 1.807) is 30.3 Å². The van der Waals surface area contributed by atoms with Crippen LogP contribution in [0.15, 0.2) is 30.3 Å². The zero-order valence-corrected chi connectivity index (χ0v) is 10.2. The van der Waals surface area contributed by atoms with Gasteiger partial charge >= 0.3 is 5.97 Å². The Morgan fingerprint density at radius 3 is 2.21 bits per heavy atom. The highest BCUT2D eigenvalue weighted by molar-refractivity contribution is 6.02. The molecule has 6 nitrogen and oxygen atoms in total. The number of carbonyl (C=O) groups excluding carboxylic acids is 2. The van der Waals surface area contributed by atoms with Crippen molar-refractivity contribution in [3.8, 4) is 0 Å². The number of rotatable bonds is 4. The number of benzene rings is 1. The Hall–Kier alpha value is -2.21. The predicted molar refractivity (Wildman–Crippen MR) is 65.9 cm³/mol. The summed E-state index contributed by atoms with van der Waals surface area (Å²) in [6.45, 7) is -0.343. The van der Waals surface area contributed by atoms with Crippen molar-refractivity contribution >= 4 is 17.8 Å². The van der Waals surface area contributed by atoms with Crippen molar-refractivity contribution < 1.29 is 19.5 Å². The van der Waals surface area contributed by atoms with Gasteiger partial charge < -0.3 is 10.8 Å². The number of carbonyl (C=O) groups is 3. The second-order valence-corrected chi connectivity index (χ2v) is 4.52. The number of likely N-dealkylation sites (tertiary alicyclic amines) is 1. The average molecular weight is 262 g/mol. The van der Waals surface area contributed by atoms with E-state index in [1.807, 2.05) is 0 Å². The van der Waals surface area contributed by atoms with Gasteiger partial charge in [0.1, 0.15) is 0 Å². The zero-order chi connectivity index (χ0) is 14.0. The molecule has 1 atom stereocenters. The molecule has 1 heterocycles. The first-order chi connectivity index (χ1) is 8.95. The third-order valence-electron chi connectivity index (χ3n) is 3.23. The minimum atomic E-state index is -1.78. The lowest BCUT2D eigenvalue weighted by molar-refractivity contribution is -0.147. The van der Waals surface area contributed by atoms with Gasteiger partial charge in [-0.2, -0.15) is 0 Å². The van der Waals surface area contributed by atoms with E-state index in [4.69, 9.17) is 5.73 Å². The molecular formula is C13H14N2O4. The van der Waals surface area contributed by atoms with Gasteiger partial charge in [0, 0.05) is 12.8 Å². The first kappa shape index (κ1) is 13.2. The van der Waals surface area contributed by atoms with Gasteiger partial charge in [0.2, 0.25) is 11.8 Å². The van der Waals surface area contributed by atoms with Crippen LogP contribution in [0.4, 0.5) is 0 Å². The number of aliphatic carboxylic acids is 1. The first-order valence-electron chi connectivity index (χ1n) is 5.86. The molecule has 0 radical (unpaired) electrons. The van der Waals surface area contributed by atoms with Gasteiger partial charge in [0.25, 0.3) is 0 Å². The lowest BCUT2D eigenvalue weighted by Crippen LogP contribution is -2.54. The fourth-order valence-corrected chi connectivity index (χ4v) is 2.07. The summed E-state index contributed by atoms with van der Waals surface area (Å²) >= 11 is 0. The second-order valence-electron chi connectivity index (χ2n) is 4.52. The number of nitrogens with two attached hydrogens (primary N) is 1. The highest BCUT2D eigenvalue weighted by Crippen LogP contribution is 2.23. The average Bonchev–Trinajstić information content (AvgIpc) is 2.71. The monoisotopic (exact) mass is 262 g/mol. The molecule has 1 unspecified atom stereocenters. The van der Waals surface area contributed by atoms with E-state index >= 15 is 0 Å². The van der Waals surface area contributed by atoms with Crippen molar-refractivity contribution in [3.05, 3.63) is 35.9 Å². The minimum absolute atomic E-state index is 0.114. The Labute approximate surface area is 109 Å². The van der Waals surface area contributed by atoms with Gasteiger partial charge in [-0.05, 0) is 5.56 Å². The van der Waals surface area contributed by atoms with Crippen molar-refractivity contribution in [2.75, 3.05) is 6.54 Å². The zero-order valence-electron chi connectivity index (χ0n) is 10.2. The third kappa shape index (κ3) is 2.34. The van der Waals surface area contributed by atoms with Crippen LogP contribution in [-0.2, 0) is 19.9 Å². The summed E-state index contributed by atoms with van der Waals surface area (Å²) in [5, 5.41) is 9.34. The molecule has 0 spiro atoms. The fourth-order valence-electron chi connectivity index (χ4n) is 2.07. The largest absolute Gasteiger partial charge is 0.480 e. The number of imide groups is 1. The lowest BCUT2D eigenvalue weighted by atomic mass is 9.90. The summed E-state index contributed by atoms with van der Waals surface area (Å²) in [5.74, 6) is -2.03. The molecular weight excluding hydrogens is 248 g/mol. The molecule has 0 saturated carbocycles. The van der Waals surface area contributed by atoms with Crippen LogP contribution >= 0.6 is 0 Å². The van der Waals surface area contributed by atoms with Crippen molar-refractivity contribution in [1.29, 1.82) is 0 Å². The fraction of sp³-hybridized carbons (Fsp3) is 0.308. The molecule has 1 aromatic carbocycles. The molecule has 0 bridgehead atoms. The van der Waals surface area contributed by atoms with E-state index in [9.17, 15) is 19.5 Å². The second kappa shape index (κ2) is 4.81. The number of amides is 2. The van der Waals surface area contributed by atoms with Gasteiger partial charge in [0.05, 0.1) is 6.54 Å². The maximum absolute atomic E-state index is 11.6. The van der Waals surface area contributed by atoms with Crippen molar-refractivity contribution in [1.82, 2.24) is 4.90 Å². The van der Waals surface area contributed by atoms with E-state index < -0.39 is 11.5 Å². The van der Waals surface area contributed by atoms with Crippen LogP contribution in [0.3, 0.4) is 0 Å².